The average molecular weight is 475 g/mol. The third-order valence-corrected chi connectivity index (χ3v) is 6.55. The minimum Gasteiger partial charge on any atom is -0.445 e. The molecule has 1 N–H and O–H groups in total. The fourth-order valence-electron chi connectivity index (χ4n) is 3.09. The van der Waals surface area contributed by atoms with E-state index in [1.54, 1.807) is 6.08 Å². The van der Waals surface area contributed by atoms with Crippen LogP contribution in [0.4, 0.5) is 8.68 Å². The fourth-order valence-corrected chi connectivity index (χ4v) is 3.55. The van der Waals surface area contributed by atoms with Crippen LogP contribution in [-0.4, -0.2) is 39.4 Å². The molecule has 1 aliphatic heterocycles. The van der Waals surface area contributed by atoms with Crippen molar-refractivity contribution in [1.82, 2.24) is 5.32 Å². The SMILES string of the molecule is CC1(C)OB(C(=Cc2ccc(S(=O)(=O)F)cc2)CNC(=O)OCc2ccccc2)OC1(C)C. The first-order chi connectivity index (χ1) is 15.4. The topological polar surface area (TPSA) is 90.9 Å². The summed E-state index contributed by atoms with van der Waals surface area (Å²) in [5.41, 5.74) is 0.832. The Kier molecular flexibility index (Phi) is 7.31. The molecule has 0 aromatic heterocycles. The zero-order valence-corrected chi connectivity index (χ0v) is 19.8. The Morgan fingerprint density at radius 1 is 1.03 bits per heavy atom. The van der Waals surface area contributed by atoms with Crippen molar-refractivity contribution in [3.63, 3.8) is 0 Å². The minimum absolute atomic E-state index is 0.0631. The summed E-state index contributed by atoms with van der Waals surface area (Å²) >= 11 is 0. The lowest BCUT2D eigenvalue weighted by Crippen LogP contribution is -2.41. The van der Waals surface area contributed by atoms with E-state index in [0.717, 1.165) is 5.56 Å². The third kappa shape index (κ3) is 6.43. The molecule has 33 heavy (non-hydrogen) atoms. The molecule has 0 atom stereocenters. The first-order valence-electron chi connectivity index (χ1n) is 10.4. The van der Waals surface area contributed by atoms with Crippen molar-refractivity contribution in [2.24, 2.45) is 0 Å². The Hall–Kier alpha value is -2.69. The minimum atomic E-state index is -4.79. The first kappa shape index (κ1) is 24.9. The van der Waals surface area contributed by atoms with Crippen molar-refractivity contribution < 1.29 is 31.1 Å². The zero-order valence-electron chi connectivity index (χ0n) is 19.0. The second-order valence-corrected chi connectivity index (χ2v) is 10.1. The molecule has 2 aromatic carbocycles. The van der Waals surface area contributed by atoms with E-state index in [4.69, 9.17) is 14.0 Å². The molecule has 1 heterocycles. The van der Waals surface area contributed by atoms with Gasteiger partial charge in [-0.3, -0.25) is 0 Å². The molecule has 0 radical (unpaired) electrons. The Balaban J connectivity index is 1.76. The van der Waals surface area contributed by atoms with Crippen LogP contribution < -0.4 is 5.32 Å². The van der Waals surface area contributed by atoms with Gasteiger partial charge in [0.15, 0.2) is 0 Å². The Bertz CT molecular complexity index is 1100. The Labute approximate surface area is 194 Å². The number of halogens is 1. The highest BCUT2D eigenvalue weighted by molar-refractivity contribution is 7.86. The molecule has 3 rings (SSSR count). The van der Waals surface area contributed by atoms with E-state index in [9.17, 15) is 17.1 Å². The van der Waals surface area contributed by atoms with Gasteiger partial charge in [-0.05, 0) is 56.4 Å². The van der Waals surface area contributed by atoms with Crippen LogP contribution in [0.3, 0.4) is 0 Å². The van der Waals surface area contributed by atoms with E-state index in [1.807, 2.05) is 58.0 Å². The summed E-state index contributed by atoms with van der Waals surface area (Å²) in [6, 6.07) is 14.6. The molecule has 1 amide bonds. The normalized spacial score (nSPS) is 17.6. The van der Waals surface area contributed by atoms with Gasteiger partial charge in [-0.25, -0.2) is 4.79 Å². The molecule has 7 nitrogen and oxygen atoms in total. The Morgan fingerprint density at radius 3 is 2.15 bits per heavy atom. The maximum atomic E-state index is 13.2. The van der Waals surface area contributed by atoms with Gasteiger partial charge in [0, 0.05) is 6.54 Å². The number of ether oxygens (including phenoxy) is 1. The van der Waals surface area contributed by atoms with Gasteiger partial charge in [-0.15, -0.1) is 3.89 Å². The second kappa shape index (κ2) is 9.66. The summed E-state index contributed by atoms with van der Waals surface area (Å²) in [5.74, 6) is 0. The van der Waals surface area contributed by atoms with Crippen LogP contribution in [-0.2, 0) is 30.9 Å². The molecule has 2 aromatic rings. The zero-order chi connectivity index (χ0) is 24.3. The number of alkyl carbamates (subject to hydrolysis) is 1. The molecule has 0 aliphatic carbocycles. The summed E-state index contributed by atoms with van der Waals surface area (Å²) in [6.07, 6.45) is 1.09. The van der Waals surface area contributed by atoms with E-state index >= 15 is 0 Å². The summed E-state index contributed by atoms with van der Waals surface area (Å²) in [7, 11) is -5.54. The maximum absolute atomic E-state index is 13.2. The molecule has 0 saturated carbocycles. The smallest absolute Gasteiger partial charge is 0.445 e. The maximum Gasteiger partial charge on any atom is 0.492 e. The summed E-state index contributed by atoms with van der Waals surface area (Å²) < 4.78 is 52.8. The lowest BCUT2D eigenvalue weighted by atomic mass is 9.77. The predicted octanol–water partition coefficient (Wildman–Crippen LogP) is 4.29. The summed E-state index contributed by atoms with van der Waals surface area (Å²) in [6.45, 7) is 7.83. The molecular weight excluding hydrogens is 448 g/mol. The highest BCUT2D eigenvalue weighted by Crippen LogP contribution is 2.38. The van der Waals surface area contributed by atoms with Crippen molar-refractivity contribution >= 4 is 29.5 Å². The van der Waals surface area contributed by atoms with Crippen LogP contribution in [0.2, 0.25) is 0 Å². The molecule has 10 heteroatoms. The van der Waals surface area contributed by atoms with Crippen LogP contribution >= 0.6 is 0 Å². The molecule has 1 fully saturated rings. The number of hydrogen-bond acceptors (Lipinski definition) is 6. The number of hydrogen-bond donors (Lipinski definition) is 1. The number of amides is 1. The fraction of sp³-hybridized carbons (Fsp3) is 0.348. The molecule has 0 unspecified atom stereocenters. The van der Waals surface area contributed by atoms with Gasteiger partial charge >= 0.3 is 23.4 Å². The van der Waals surface area contributed by atoms with E-state index in [-0.39, 0.29) is 13.2 Å². The van der Waals surface area contributed by atoms with E-state index in [1.165, 1.54) is 24.3 Å². The van der Waals surface area contributed by atoms with Crippen molar-refractivity contribution in [2.45, 2.75) is 50.4 Å². The number of benzene rings is 2. The van der Waals surface area contributed by atoms with Gasteiger partial charge in [0.2, 0.25) is 0 Å². The van der Waals surface area contributed by atoms with Crippen LogP contribution in [0.1, 0.15) is 38.8 Å². The average Bonchev–Trinajstić information content (AvgIpc) is 2.97. The van der Waals surface area contributed by atoms with E-state index in [2.05, 4.69) is 5.32 Å². The van der Waals surface area contributed by atoms with Gasteiger partial charge in [-0.2, -0.15) is 8.42 Å². The van der Waals surface area contributed by atoms with Gasteiger partial charge in [0.25, 0.3) is 0 Å². The van der Waals surface area contributed by atoms with E-state index < -0.39 is 39.5 Å². The number of nitrogens with one attached hydrogen (secondary N) is 1. The van der Waals surface area contributed by atoms with Crippen molar-refractivity contribution in [3.05, 3.63) is 71.2 Å². The van der Waals surface area contributed by atoms with E-state index in [0.29, 0.717) is 11.0 Å². The van der Waals surface area contributed by atoms with Crippen LogP contribution in [0, 0.1) is 0 Å². The standard InChI is InChI=1S/C23H27BFNO6S/c1-22(2)23(3,4)32-24(31-22)19(14-17-10-12-20(13-11-17)33(25,28)29)15-26-21(27)30-16-18-8-6-5-7-9-18/h5-14H,15-16H2,1-4H3,(H,26,27). The lowest BCUT2D eigenvalue weighted by Gasteiger charge is -2.32. The molecule has 1 saturated heterocycles. The Morgan fingerprint density at radius 2 is 1.61 bits per heavy atom. The first-order valence-corrected chi connectivity index (χ1v) is 11.8. The van der Waals surface area contributed by atoms with Gasteiger partial charge in [0.05, 0.1) is 16.1 Å². The van der Waals surface area contributed by atoms with Crippen LogP contribution in [0.25, 0.3) is 6.08 Å². The summed E-state index contributed by atoms with van der Waals surface area (Å²) in [5, 5.41) is 2.70. The highest BCUT2D eigenvalue weighted by atomic mass is 32.3. The number of carbonyl (C=O) groups is 1. The third-order valence-electron chi connectivity index (χ3n) is 5.72. The van der Waals surface area contributed by atoms with Crippen LogP contribution in [0.15, 0.2) is 65.0 Å². The molecule has 1 aliphatic rings. The molecule has 176 valence electrons. The van der Waals surface area contributed by atoms with Gasteiger partial charge in [-0.1, -0.05) is 48.5 Å². The second-order valence-electron chi connectivity index (χ2n) is 8.73. The lowest BCUT2D eigenvalue weighted by molar-refractivity contribution is 0.00578. The highest BCUT2D eigenvalue weighted by Gasteiger charge is 2.52. The number of carbonyl (C=O) groups excluding carboxylic acids is 1. The summed E-state index contributed by atoms with van der Waals surface area (Å²) in [4.78, 5) is 11.8. The molecular formula is C23H27BFNO6S. The van der Waals surface area contributed by atoms with Crippen molar-refractivity contribution in [3.8, 4) is 0 Å². The van der Waals surface area contributed by atoms with Gasteiger partial charge < -0.3 is 19.4 Å². The molecule has 0 spiro atoms. The predicted molar refractivity (Wildman–Crippen MR) is 123 cm³/mol. The van der Waals surface area contributed by atoms with Crippen LogP contribution in [0.5, 0.6) is 0 Å². The monoisotopic (exact) mass is 475 g/mol. The van der Waals surface area contributed by atoms with Crippen molar-refractivity contribution in [1.29, 1.82) is 0 Å². The number of rotatable bonds is 7. The quantitative estimate of drug-likeness (QED) is 0.475. The molecule has 0 bridgehead atoms. The largest absolute Gasteiger partial charge is 0.492 e. The van der Waals surface area contributed by atoms with Gasteiger partial charge in [0.1, 0.15) is 6.61 Å². The van der Waals surface area contributed by atoms with Crippen molar-refractivity contribution in [2.75, 3.05) is 6.54 Å².